The first-order chi connectivity index (χ1) is 8.77. The zero-order chi connectivity index (χ0) is 12.8. The molecular formula is C12H17N5O. The maximum atomic E-state index is 5.34. The molecule has 0 aromatic heterocycles. The maximum absolute atomic E-state index is 5.34. The van der Waals surface area contributed by atoms with Crippen LogP contribution in [0, 0.1) is 0 Å². The summed E-state index contributed by atoms with van der Waals surface area (Å²) in [6, 6.07) is 7.90. The van der Waals surface area contributed by atoms with Crippen molar-refractivity contribution in [3.8, 4) is 0 Å². The van der Waals surface area contributed by atoms with E-state index in [0.717, 1.165) is 37.7 Å². The fraction of sp³-hybridized carbons (Fsp3) is 0.333. The molecule has 18 heavy (non-hydrogen) atoms. The highest BCUT2D eigenvalue weighted by Crippen LogP contribution is 2.28. The Balaban J connectivity index is 2.19. The summed E-state index contributed by atoms with van der Waals surface area (Å²) in [5.74, 6) is 0.00241. The fourth-order valence-corrected chi connectivity index (χ4v) is 1.80. The standard InChI is InChI=1S/C12H17N5O/c13-12(14)16-9-15-10-3-1-2-4-11(10)17-5-7-18-8-6-17/h1-4,9H,5-8H2,(H4,13,14,15,16). The van der Waals surface area contributed by atoms with Crippen LogP contribution in [-0.4, -0.2) is 38.6 Å². The van der Waals surface area contributed by atoms with Crippen molar-refractivity contribution in [3.05, 3.63) is 24.3 Å². The molecule has 0 atom stereocenters. The third kappa shape index (κ3) is 3.21. The van der Waals surface area contributed by atoms with Crippen molar-refractivity contribution in [2.24, 2.45) is 21.5 Å². The van der Waals surface area contributed by atoms with Crippen molar-refractivity contribution in [1.82, 2.24) is 0 Å². The van der Waals surface area contributed by atoms with Crippen LogP contribution in [0.15, 0.2) is 34.3 Å². The van der Waals surface area contributed by atoms with E-state index in [1.807, 2.05) is 24.3 Å². The Kier molecular flexibility index (Phi) is 4.14. The number of nitrogens with two attached hydrogens (primary N) is 2. The van der Waals surface area contributed by atoms with Gasteiger partial charge in [0.1, 0.15) is 6.34 Å². The summed E-state index contributed by atoms with van der Waals surface area (Å²) >= 11 is 0. The van der Waals surface area contributed by atoms with Crippen LogP contribution in [-0.2, 0) is 4.74 Å². The molecule has 6 heteroatoms. The maximum Gasteiger partial charge on any atom is 0.192 e. The summed E-state index contributed by atoms with van der Waals surface area (Å²) in [5.41, 5.74) is 12.4. The predicted octanol–water partition coefficient (Wildman–Crippen LogP) is 0.456. The molecule has 1 aromatic carbocycles. The molecule has 0 radical (unpaired) electrons. The van der Waals surface area contributed by atoms with E-state index in [1.54, 1.807) is 0 Å². The Bertz CT molecular complexity index is 448. The van der Waals surface area contributed by atoms with Gasteiger partial charge in [-0.2, -0.15) is 0 Å². The van der Waals surface area contributed by atoms with E-state index in [0.29, 0.717) is 0 Å². The van der Waals surface area contributed by atoms with Crippen molar-refractivity contribution in [3.63, 3.8) is 0 Å². The van der Waals surface area contributed by atoms with E-state index >= 15 is 0 Å². The van der Waals surface area contributed by atoms with Crippen LogP contribution >= 0.6 is 0 Å². The van der Waals surface area contributed by atoms with E-state index in [-0.39, 0.29) is 5.96 Å². The van der Waals surface area contributed by atoms with Crippen LogP contribution in [0.1, 0.15) is 0 Å². The first-order valence-electron chi connectivity index (χ1n) is 5.80. The Labute approximate surface area is 106 Å². The molecule has 1 aliphatic rings. The van der Waals surface area contributed by atoms with Crippen LogP contribution in [0.25, 0.3) is 0 Å². The van der Waals surface area contributed by atoms with Gasteiger partial charge < -0.3 is 21.1 Å². The minimum atomic E-state index is 0.00241. The highest BCUT2D eigenvalue weighted by molar-refractivity contribution is 5.85. The van der Waals surface area contributed by atoms with Crippen molar-refractivity contribution >= 4 is 23.7 Å². The summed E-state index contributed by atoms with van der Waals surface area (Å²) in [6.45, 7) is 3.22. The van der Waals surface area contributed by atoms with Crippen LogP contribution in [0.2, 0.25) is 0 Å². The van der Waals surface area contributed by atoms with Gasteiger partial charge in [0.25, 0.3) is 0 Å². The lowest BCUT2D eigenvalue weighted by atomic mass is 10.2. The molecule has 1 heterocycles. The lowest BCUT2D eigenvalue weighted by Gasteiger charge is -2.29. The topological polar surface area (TPSA) is 89.2 Å². The number of benzene rings is 1. The van der Waals surface area contributed by atoms with Gasteiger partial charge in [0, 0.05) is 13.1 Å². The smallest absolute Gasteiger partial charge is 0.192 e. The molecule has 96 valence electrons. The minimum absolute atomic E-state index is 0.00241. The fourth-order valence-electron chi connectivity index (χ4n) is 1.80. The van der Waals surface area contributed by atoms with Gasteiger partial charge in [-0.3, -0.25) is 0 Å². The van der Waals surface area contributed by atoms with Crippen LogP contribution in [0.5, 0.6) is 0 Å². The first-order valence-corrected chi connectivity index (χ1v) is 5.80. The van der Waals surface area contributed by atoms with Gasteiger partial charge >= 0.3 is 0 Å². The van der Waals surface area contributed by atoms with E-state index < -0.39 is 0 Å². The third-order valence-electron chi connectivity index (χ3n) is 2.64. The van der Waals surface area contributed by atoms with Gasteiger partial charge in [-0.15, -0.1) is 0 Å². The summed E-state index contributed by atoms with van der Waals surface area (Å²) < 4.78 is 5.34. The van der Waals surface area contributed by atoms with E-state index in [2.05, 4.69) is 14.9 Å². The zero-order valence-corrected chi connectivity index (χ0v) is 10.1. The second kappa shape index (κ2) is 6.02. The van der Waals surface area contributed by atoms with Gasteiger partial charge in [-0.1, -0.05) is 12.1 Å². The Hall–Kier alpha value is -2.08. The number of hydrogen-bond acceptors (Lipinski definition) is 3. The molecule has 0 bridgehead atoms. The molecule has 1 saturated heterocycles. The van der Waals surface area contributed by atoms with Crippen LogP contribution in [0.4, 0.5) is 11.4 Å². The largest absolute Gasteiger partial charge is 0.378 e. The van der Waals surface area contributed by atoms with E-state index in [1.165, 1.54) is 6.34 Å². The normalized spacial score (nSPS) is 15.9. The Morgan fingerprint density at radius 2 is 1.94 bits per heavy atom. The molecular weight excluding hydrogens is 230 g/mol. The number of hydrogen-bond donors (Lipinski definition) is 2. The number of ether oxygens (including phenoxy) is 1. The van der Waals surface area contributed by atoms with E-state index in [4.69, 9.17) is 16.2 Å². The number of para-hydroxylation sites is 2. The van der Waals surface area contributed by atoms with Crippen molar-refractivity contribution in [1.29, 1.82) is 0 Å². The molecule has 1 fully saturated rings. The number of rotatable bonds is 3. The Morgan fingerprint density at radius 1 is 1.22 bits per heavy atom. The first kappa shape index (κ1) is 12.4. The number of morpholine rings is 1. The molecule has 2 rings (SSSR count). The molecule has 0 unspecified atom stereocenters. The van der Waals surface area contributed by atoms with E-state index in [9.17, 15) is 0 Å². The average molecular weight is 247 g/mol. The Morgan fingerprint density at radius 3 is 2.67 bits per heavy atom. The van der Waals surface area contributed by atoms with Crippen LogP contribution in [0.3, 0.4) is 0 Å². The van der Waals surface area contributed by atoms with Gasteiger partial charge in [-0.05, 0) is 12.1 Å². The molecule has 4 N–H and O–H groups in total. The molecule has 6 nitrogen and oxygen atoms in total. The highest BCUT2D eigenvalue weighted by Gasteiger charge is 2.13. The van der Waals surface area contributed by atoms with Gasteiger partial charge in [-0.25, -0.2) is 9.98 Å². The number of nitrogens with zero attached hydrogens (tertiary/aromatic N) is 3. The quantitative estimate of drug-likeness (QED) is 0.599. The zero-order valence-electron chi connectivity index (χ0n) is 10.1. The lowest BCUT2D eigenvalue weighted by molar-refractivity contribution is 0.123. The monoisotopic (exact) mass is 247 g/mol. The molecule has 1 aromatic rings. The van der Waals surface area contributed by atoms with Gasteiger partial charge in [0.05, 0.1) is 24.6 Å². The summed E-state index contributed by atoms with van der Waals surface area (Å²) in [4.78, 5) is 10.3. The average Bonchev–Trinajstić information content (AvgIpc) is 2.40. The SMILES string of the molecule is NC(N)=NC=Nc1ccccc1N1CCOCC1. The predicted molar refractivity (Wildman–Crippen MR) is 73.4 cm³/mol. The number of anilines is 1. The molecule has 0 aliphatic carbocycles. The van der Waals surface area contributed by atoms with Crippen molar-refractivity contribution in [2.45, 2.75) is 0 Å². The minimum Gasteiger partial charge on any atom is -0.378 e. The van der Waals surface area contributed by atoms with Crippen molar-refractivity contribution in [2.75, 3.05) is 31.2 Å². The van der Waals surface area contributed by atoms with Gasteiger partial charge in [0.2, 0.25) is 0 Å². The van der Waals surface area contributed by atoms with Crippen LogP contribution < -0.4 is 16.4 Å². The second-order valence-corrected chi connectivity index (χ2v) is 3.89. The summed E-state index contributed by atoms with van der Waals surface area (Å²) in [6.07, 6.45) is 1.37. The summed E-state index contributed by atoms with van der Waals surface area (Å²) in [5, 5.41) is 0. The lowest BCUT2D eigenvalue weighted by Crippen LogP contribution is -2.36. The summed E-state index contributed by atoms with van der Waals surface area (Å²) in [7, 11) is 0. The number of guanidine groups is 1. The molecule has 0 saturated carbocycles. The second-order valence-electron chi connectivity index (χ2n) is 3.89. The molecule has 0 spiro atoms. The van der Waals surface area contributed by atoms with Gasteiger partial charge in [0.15, 0.2) is 5.96 Å². The third-order valence-corrected chi connectivity index (χ3v) is 2.64. The number of aliphatic imine (C=N–C) groups is 2. The van der Waals surface area contributed by atoms with Crippen molar-refractivity contribution < 1.29 is 4.74 Å². The molecule has 1 aliphatic heterocycles. The molecule has 0 amide bonds. The highest BCUT2D eigenvalue weighted by atomic mass is 16.5.